The smallest absolute Gasteiger partial charge is 0.250 e. The van der Waals surface area contributed by atoms with Crippen molar-refractivity contribution in [1.82, 2.24) is 4.72 Å². The lowest BCUT2D eigenvalue weighted by Gasteiger charge is -2.22. The Hall–Kier alpha value is -0.940. The Bertz CT molecular complexity index is 568. The molecule has 0 amide bonds. The molecule has 1 fully saturated rings. The Balaban J connectivity index is 2.13. The van der Waals surface area contributed by atoms with Gasteiger partial charge in [0.15, 0.2) is 0 Å². The van der Waals surface area contributed by atoms with Crippen LogP contribution in [0, 0.1) is 17.2 Å². The minimum absolute atomic E-state index is 0.181. The monoisotopic (exact) mass is 299 g/mol. The largest absolute Gasteiger partial charge is 0.329 e. The van der Waals surface area contributed by atoms with Crippen molar-refractivity contribution in [1.29, 1.82) is 5.26 Å². The van der Waals surface area contributed by atoms with Gasteiger partial charge in [0.25, 0.3) is 0 Å². The van der Waals surface area contributed by atoms with E-state index in [2.05, 4.69) is 4.72 Å². The first-order chi connectivity index (χ1) is 9.06. The third kappa shape index (κ3) is 3.34. The number of nitrogens with two attached hydrogens (primary N) is 1. The summed E-state index contributed by atoms with van der Waals surface area (Å²) < 4.78 is 27.3. The number of nitriles is 1. The van der Waals surface area contributed by atoms with Gasteiger partial charge in [0.2, 0.25) is 10.0 Å². The number of nitrogens with one attached hydrogen (secondary N) is 1. The summed E-state index contributed by atoms with van der Waals surface area (Å²) in [7, 11) is -3.56. The van der Waals surface area contributed by atoms with Crippen LogP contribution in [0.3, 0.4) is 0 Å². The minimum Gasteiger partial charge on any atom is -0.329 e. The van der Waals surface area contributed by atoms with Gasteiger partial charge in [-0.2, -0.15) is 5.26 Å². The zero-order valence-corrected chi connectivity index (χ0v) is 12.1. The van der Waals surface area contributed by atoms with E-state index in [4.69, 9.17) is 11.0 Å². The number of nitrogens with zero attached hydrogens (tertiary/aromatic N) is 1. The first kappa shape index (κ1) is 14.5. The predicted molar refractivity (Wildman–Crippen MR) is 74.2 cm³/mol. The molecule has 5 nitrogen and oxygen atoms in total. The summed E-state index contributed by atoms with van der Waals surface area (Å²) in [5.74, 6) is 0.329. The maximum absolute atomic E-state index is 12.2. The zero-order valence-electron chi connectivity index (χ0n) is 10.5. The van der Waals surface area contributed by atoms with Crippen molar-refractivity contribution in [2.24, 2.45) is 11.7 Å². The Morgan fingerprint density at radius 2 is 2.16 bits per heavy atom. The average molecular weight is 299 g/mol. The number of hydrogen-bond donors (Lipinski definition) is 2. The zero-order chi connectivity index (χ0) is 13.9. The summed E-state index contributed by atoms with van der Waals surface area (Å²) in [6, 6.07) is 4.72. The second kappa shape index (κ2) is 6.01. The van der Waals surface area contributed by atoms with Gasteiger partial charge in [-0.1, -0.05) is 12.8 Å². The molecule has 0 aromatic carbocycles. The maximum atomic E-state index is 12.2. The molecule has 1 saturated carbocycles. The van der Waals surface area contributed by atoms with Crippen LogP contribution in [-0.2, 0) is 10.0 Å². The van der Waals surface area contributed by atoms with Crippen LogP contribution in [0.15, 0.2) is 16.3 Å². The summed E-state index contributed by atoms with van der Waals surface area (Å²) in [6.45, 7) is 0.306. The highest BCUT2D eigenvalue weighted by molar-refractivity contribution is 7.91. The van der Waals surface area contributed by atoms with E-state index >= 15 is 0 Å². The molecular formula is C12H17N3O2S2. The molecule has 1 heterocycles. The van der Waals surface area contributed by atoms with Gasteiger partial charge in [-0.25, -0.2) is 13.1 Å². The second-order valence-electron chi connectivity index (χ2n) is 4.74. The lowest BCUT2D eigenvalue weighted by Crippen LogP contribution is -2.44. The molecule has 1 aliphatic rings. The van der Waals surface area contributed by atoms with Crippen molar-refractivity contribution < 1.29 is 8.42 Å². The van der Waals surface area contributed by atoms with Crippen molar-refractivity contribution in [3.63, 3.8) is 0 Å². The van der Waals surface area contributed by atoms with Crippen LogP contribution in [-0.4, -0.2) is 21.0 Å². The Kier molecular flexibility index (Phi) is 4.58. The highest BCUT2D eigenvalue weighted by Crippen LogP contribution is 2.29. The van der Waals surface area contributed by atoms with E-state index in [1.807, 2.05) is 6.07 Å². The molecule has 0 spiro atoms. The average Bonchev–Trinajstić information content (AvgIpc) is 3.06. The number of thiophene rings is 1. The number of rotatable bonds is 5. The standard InChI is InChI=1S/C12H17N3O2S2/c13-7-10-5-6-12(18-10)19(16,17)15-11(8-14)9-3-1-2-4-9/h5-6,9,11,15H,1-4,8,14H2. The van der Waals surface area contributed by atoms with Crippen LogP contribution in [0.2, 0.25) is 0 Å². The van der Waals surface area contributed by atoms with Gasteiger partial charge >= 0.3 is 0 Å². The molecule has 0 saturated heterocycles. The summed E-state index contributed by atoms with van der Waals surface area (Å²) in [5.41, 5.74) is 5.69. The van der Waals surface area contributed by atoms with Crippen molar-refractivity contribution in [2.75, 3.05) is 6.54 Å². The number of sulfonamides is 1. The van der Waals surface area contributed by atoms with Crippen molar-refractivity contribution >= 4 is 21.4 Å². The van der Waals surface area contributed by atoms with Crippen molar-refractivity contribution in [3.05, 3.63) is 17.0 Å². The van der Waals surface area contributed by atoms with Crippen molar-refractivity contribution in [2.45, 2.75) is 35.9 Å². The van der Waals surface area contributed by atoms with Gasteiger partial charge in [-0.15, -0.1) is 11.3 Å². The first-order valence-electron chi connectivity index (χ1n) is 6.29. The third-order valence-electron chi connectivity index (χ3n) is 3.49. The maximum Gasteiger partial charge on any atom is 0.250 e. The Morgan fingerprint density at radius 1 is 1.47 bits per heavy atom. The van der Waals surface area contributed by atoms with Crippen LogP contribution in [0.1, 0.15) is 30.6 Å². The Labute approximate surface area is 117 Å². The molecule has 19 heavy (non-hydrogen) atoms. The molecule has 1 unspecified atom stereocenters. The summed E-state index contributed by atoms with van der Waals surface area (Å²) in [4.78, 5) is 0.394. The van der Waals surface area contributed by atoms with E-state index < -0.39 is 10.0 Å². The van der Waals surface area contributed by atoms with Gasteiger partial charge in [0.05, 0.1) is 0 Å². The van der Waals surface area contributed by atoms with E-state index in [1.165, 1.54) is 12.1 Å². The molecule has 2 rings (SSSR count). The predicted octanol–water partition coefficient (Wildman–Crippen LogP) is 1.42. The second-order valence-corrected chi connectivity index (χ2v) is 7.76. The van der Waals surface area contributed by atoms with Crippen LogP contribution in [0.4, 0.5) is 0 Å². The van der Waals surface area contributed by atoms with Crippen LogP contribution in [0.5, 0.6) is 0 Å². The third-order valence-corrected chi connectivity index (χ3v) is 6.46. The van der Waals surface area contributed by atoms with Crippen molar-refractivity contribution in [3.8, 4) is 6.07 Å². The van der Waals surface area contributed by atoms with Gasteiger partial charge in [0, 0.05) is 12.6 Å². The Morgan fingerprint density at radius 3 is 2.68 bits per heavy atom. The molecule has 1 aliphatic carbocycles. The summed E-state index contributed by atoms with van der Waals surface area (Å²) >= 11 is 0.982. The highest BCUT2D eigenvalue weighted by Gasteiger charge is 2.29. The summed E-state index contributed by atoms with van der Waals surface area (Å²) in [5, 5.41) is 8.74. The molecule has 3 N–H and O–H groups in total. The quantitative estimate of drug-likeness (QED) is 0.859. The van der Waals surface area contributed by atoms with Gasteiger partial charge in [-0.05, 0) is 30.9 Å². The number of hydrogen-bond acceptors (Lipinski definition) is 5. The van der Waals surface area contributed by atoms with Gasteiger partial charge < -0.3 is 5.73 Å². The van der Waals surface area contributed by atoms with E-state index in [-0.39, 0.29) is 10.3 Å². The van der Waals surface area contributed by atoms with E-state index in [0.717, 1.165) is 37.0 Å². The van der Waals surface area contributed by atoms with E-state index in [1.54, 1.807) is 0 Å². The van der Waals surface area contributed by atoms with E-state index in [9.17, 15) is 8.42 Å². The topological polar surface area (TPSA) is 96.0 Å². The molecule has 0 bridgehead atoms. The first-order valence-corrected chi connectivity index (χ1v) is 8.59. The summed E-state index contributed by atoms with van der Waals surface area (Å²) in [6.07, 6.45) is 4.33. The molecule has 1 atom stereocenters. The fourth-order valence-corrected chi connectivity index (χ4v) is 4.92. The fraction of sp³-hybridized carbons (Fsp3) is 0.583. The normalized spacial score (nSPS) is 18.3. The fourth-order valence-electron chi connectivity index (χ4n) is 2.48. The minimum atomic E-state index is -3.56. The molecule has 0 radical (unpaired) electrons. The lowest BCUT2D eigenvalue weighted by molar-refractivity contribution is 0.406. The highest BCUT2D eigenvalue weighted by atomic mass is 32.2. The molecule has 0 aliphatic heterocycles. The van der Waals surface area contributed by atoms with Gasteiger partial charge in [0.1, 0.15) is 15.2 Å². The molecule has 1 aromatic heterocycles. The molecule has 1 aromatic rings. The van der Waals surface area contributed by atoms with Crippen LogP contribution >= 0.6 is 11.3 Å². The van der Waals surface area contributed by atoms with Crippen LogP contribution in [0.25, 0.3) is 0 Å². The van der Waals surface area contributed by atoms with Crippen LogP contribution < -0.4 is 10.5 Å². The molecular weight excluding hydrogens is 282 g/mol. The van der Waals surface area contributed by atoms with E-state index in [0.29, 0.717) is 17.3 Å². The molecule has 7 heteroatoms. The molecule has 104 valence electrons. The SMILES string of the molecule is N#Cc1ccc(S(=O)(=O)NC(CN)C2CCCC2)s1. The lowest BCUT2D eigenvalue weighted by atomic mass is 9.99. The van der Waals surface area contributed by atoms with Gasteiger partial charge in [-0.3, -0.25) is 0 Å².